The number of furan rings is 1. The second kappa shape index (κ2) is 3.83. The Labute approximate surface area is 91.3 Å². The summed E-state index contributed by atoms with van der Waals surface area (Å²) in [6.45, 7) is 0. The van der Waals surface area contributed by atoms with Crippen molar-refractivity contribution in [1.29, 1.82) is 0 Å². The predicted octanol–water partition coefficient (Wildman–Crippen LogP) is 1.94. The number of pyridine rings is 1. The van der Waals surface area contributed by atoms with Crippen molar-refractivity contribution >= 4 is 30.7 Å². The standard InChI is InChI=1S/C9H8ClNO3S/c10-15(12,13)4-2-7-6-14-9-5-11-3-1-8(7)9/h1,3,5-6H,2,4H2. The average molecular weight is 246 g/mol. The summed E-state index contributed by atoms with van der Waals surface area (Å²) < 4.78 is 26.8. The first-order valence-electron chi connectivity index (χ1n) is 4.29. The monoisotopic (exact) mass is 245 g/mol. The molecule has 80 valence electrons. The molecule has 0 radical (unpaired) electrons. The minimum Gasteiger partial charge on any atom is -0.462 e. The van der Waals surface area contributed by atoms with E-state index in [4.69, 9.17) is 15.1 Å². The van der Waals surface area contributed by atoms with E-state index in [0.29, 0.717) is 12.0 Å². The fourth-order valence-electron chi connectivity index (χ4n) is 1.36. The normalized spacial score (nSPS) is 12.1. The van der Waals surface area contributed by atoms with E-state index in [9.17, 15) is 8.42 Å². The maximum absolute atomic E-state index is 10.8. The van der Waals surface area contributed by atoms with Gasteiger partial charge in [0.1, 0.15) is 0 Å². The molecule has 0 spiro atoms. The van der Waals surface area contributed by atoms with Crippen molar-refractivity contribution in [1.82, 2.24) is 4.98 Å². The molecule has 0 bridgehead atoms. The molecule has 15 heavy (non-hydrogen) atoms. The van der Waals surface area contributed by atoms with Gasteiger partial charge in [-0.2, -0.15) is 0 Å². The number of aromatic nitrogens is 1. The van der Waals surface area contributed by atoms with E-state index in [1.165, 1.54) is 6.26 Å². The molecule has 4 nitrogen and oxygen atoms in total. The Morgan fingerprint density at radius 1 is 1.47 bits per heavy atom. The molecule has 0 aromatic carbocycles. The molecule has 0 amide bonds. The van der Waals surface area contributed by atoms with Crippen LogP contribution in [0.25, 0.3) is 11.0 Å². The van der Waals surface area contributed by atoms with Crippen molar-refractivity contribution in [3.63, 3.8) is 0 Å². The van der Waals surface area contributed by atoms with E-state index < -0.39 is 9.05 Å². The molecule has 0 aliphatic carbocycles. The van der Waals surface area contributed by atoms with Crippen molar-refractivity contribution in [2.75, 3.05) is 5.75 Å². The van der Waals surface area contributed by atoms with Crippen LogP contribution in [-0.4, -0.2) is 19.2 Å². The third-order valence-electron chi connectivity index (χ3n) is 2.07. The maximum Gasteiger partial charge on any atom is 0.232 e. The molecule has 0 N–H and O–H groups in total. The number of hydrogen-bond donors (Lipinski definition) is 0. The number of aryl methyl sites for hydroxylation is 1. The topological polar surface area (TPSA) is 60.2 Å². The molecule has 0 fully saturated rings. The van der Waals surface area contributed by atoms with Crippen LogP contribution in [0.4, 0.5) is 0 Å². The van der Waals surface area contributed by atoms with Gasteiger partial charge in [-0.1, -0.05) is 0 Å². The number of halogens is 1. The number of rotatable bonds is 3. The maximum atomic E-state index is 10.8. The van der Waals surface area contributed by atoms with Gasteiger partial charge in [0.15, 0.2) is 5.58 Å². The second-order valence-corrected chi connectivity index (χ2v) is 6.02. The summed E-state index contributed by atoms with van der Waals surface area (Å²) in [5, 5.41) is 0.880. The fraction of sp³-hybridized carbons (Fsp3) is 0.222. The lowest BCUT2D eigenvalue weighted by molar-refractivity contribution is 0.604. The zero-order valence-electron chi connectivity index (χ0n) is 7.68. The Bertz CT molecular complexity index is 576. The van der Waals surface area contributed by atoms with Crippen LogP contribution < -0.4 is 0 Å². The van der Waals surface area contributed by atoms with Crippen LogP contribution in [0, 0.1) is 0 Å². The molecule has 2 aromatic heterocycles. The highest BCUT2D eigenvalue weighted by molar-refractivity contribution is 8.13. The number of hydrogen-bond acceptors (Lipinski definition) is 4. The Balaban J connectivity index is 2.29. The Morgan fingerprint density at radius 3 is 3.00 bits per heavy atom. The van der Waals surface area contributed by atoms with Gasteiger partial charge in [0.2, 0.25) is 9.05 Å². The van der Waals surface area contributed by atoms with Crippen LogP contribution in [0.1, 0.15) is 5.56 Å². The van der Waals surface area contributed by atoms with Gasteiger partial charge in [-0.25, -0.2) is 8.42 Å². The number of fused-ring (bicyclic) bond motifs is 1. The molecule has 6 heteroatoms. The zero-order chi connectivity index (χ0) is 10.9. The highest BCUT2D eigenvalue weighted by Crippen LogP contribution is 2.20. The van der Waals surface area contributed by atoms with Gasteiger partial charge < -0.3 is 4.42 Å². The molecule has 2 heterocycles. The lowest BCUT2D eigenvalue weighted by atomic mass is 10.2. The Hall–Kier alpha value is -1.07. The van der Waals surface area contributed by atoms with Crippen LogP contribution in [0.3, 0.4) is 0 Å². The van der Waals surface area contributed by atoms with Crippen molar-refractivity contribution in [2.24, 2.45) is 0 Å². The first-order chi connectivity index (χ1) is 7.06. The lowest BCUT2D eigenvalue weighted by Crippen LogP contribution is -2.00. The molecule has 0 saturated heterocycles. The van der Waals surface area contributed by atoms with Crippen LogP contribution >= 0.6 is 10.7 Å². The highest BCUT2D eigenvalue weighted by Gasteiger charge is 2.10. The van der Waals surface area contributed by atoms with Gasteiger partial charge in [-0.15, -0.1) is 0 Å². The minimum atomic E-state index is -3.45. The van der Waals surface area contributed by atoms with E-state index in [-0.39, 0.29) is 5.75 Å². The van der Waals surface area contributed by atoms with Gasteiger partial charge >= 0.3 is 0 Å². The first kappa shape index (κ1) is 10.4. The van der Waals surface area contributed by atoms with E-state index in [1.54, 1.807) is 18.5 Å². The third-order valence-corrected chi connectivity index (χ3v) is 3.23. The van der Waals surface area contributed by atoms with Gasteiger partial charge in [0, 0.05) is 22.3 Å². The molecular weight excluding hydrogens is 238 g/mol. The summed E-state index contributed by atoms with van der Waals surface area (Å²) in [4.78, 5) is 3.90. The van der Waals surface area contributed by atoms with Crippen LogP contribution in [0.2, 0.25) is 0 Å². The van der Waals surface area contributed by atoms with Crippen LogP contribution in [-0.2, 0) is 15.5 Å². The summed E-state index contributed by atoms with van der Waals surface area (Å²) in [5.74, 6) is -0.0918. The van der Waals surface area contributed by atoms with Crippen LogP contribution in [0.5, 0.6) is 0 Å². The summed E-state index contributed by atoms with van der Waals surface area (Å²) in [6.07, 6.45) is 5.11. The smallest absolute Gasteiger partial charge is 0.232 e. The summed E-state index contributed by atoms with van der Waals surface area (Å²) >= 11 is 0. The second-order valence-electron chi connectivity index (χ2n) is 3.13. The summed E-state index contributed by atoms with van der Waals surface area (Å²) in [7, 11) is 1.68. The van der Waals surface area contributed by atoms with Gasteiger partial charge in [-0.05, 0) is 18.1 Å². The first-order valence-corrected chi connectivity index (χ1v) is 6.76. The van der Waals surface area contributed by atoms with Crippen molar-refractivity contribution in [2.45, 2.75) is 6.42 Å². The molecular formula is C9H8ClNO3S. The summed E-state index contributed by atoms with van der Waals surface area (Å²) in [5.41, 5.74) is 1.48. The van der Waals surface area contributed by atoms with E-state index in [0.717, 1.165) is 10.9 Å². The van der Waals surface area contributed by atoms with Crippen LogP contribution in [0.15, 0.2) is 29.1 Å². The number of nitrogens with zero attached hydrogens (tertiary/aromatic N) is 1. The van der Waals surface area contributed by atoms with Crippen molar-refractivity contribution in [3.8, 4) is 0 Å². The van der Waals surface area contributed by atoms with E-state index in [2.05, 4.69) is 4.98 Å². The lowest BCUT2D eigenvalue weighted by Gasteiger charge is -1.94. The third kappa shape index (κ3) is 2.49. The molecule has 0 atom stereocenters. The average Bonchev–Trinajstić information content (AvgIpc) is 2.57. The molecule has 2 rings (SSSR count). The molecule has 0 aliphatic heterocycles. The summed E-state index contributed by atoms with van der Waals surface area (Å²) in [6, 6.07) is 1.79. The van der Waals surface area contributed by atoms with Gasteiger partial charge in [0.25, 0.3) is 0 Å². The van der Waals surface area contributed by atoms with Crippen molar-refractivity contribution < 1.29 is 12.8 Å². The predicted molar refractivity (Wildman–Crippen MR) is 57.4 cm³/mol. The van der Waals surface area contributed by atoms with E-state index in [1.807, 2.05) is 0 Å². The van der Waals surface area contributed by atoms with Gasteiger partial charge in [0.05, 0.1) is 18.2 Å². The fourth-order valence-corrected chi connectivity index (χ4v) is 2.06. The zero-order valence-corrected chi connectivity index (χ0v) is 9.25. The highest BCUT2D eigenvalue weighted by atomic mass is 35.7. The largest absolute Gasteiger partial charge is 0.462 e. The molecule has 0 aliphatic rings. The molecule has 0 saturated carbocycles. The Kier molecular flexibility index (Phi) is 2.67. The van der Waals surface area contributed by atoms with Gasteiger partial charge in [-0.3, -0.25) is 4.98 Å². The molecule has 2 aromatic rings. The van der Waals surface area contributed by atoms with Crippen molar-refractivity contribution in [3.05, 3.63) is 30.3 Å². The van der Waals surface area contributed by atoms with E-state index >= 15 is 0 Å². The Morgan fingerprint density at radius 2 is 2.27 bits per heavy atom. The SMILES string of the molecule is O=S(=O)(Cl)CCc1coc2cnccc12. The quantitative estimate of drug-likeness (QED) is 0.776. The minimum absolute atomic E-state index is 0.0918. The molecule has 0 unspecified atom stereocenters.